The number of aliphatic hydroxyl groups is 11. The zero-order chi connectivity index (χ0) is 45.6. The van der Waals surface area contributed by atoms with Crippen LogP contribution in [-0.2, 0) is 33.2 Å². The maximum Gasteiger partial charge on any atom is 0.220 e. The van der Waals surface area contributed by atoms with Gasteiger partial charge in [0.25, 0.3) is 0 Å². The predicted octanol–water partition coefficient (Wildman–Crippen LogP) is -0.251. The van der Waals surface area contributed by atoms with Crippen molar-refractivity contribution in [2.75, 3.05) is 26.4 Å². The van der Waals surface area contributed by atoms with Crippen LogP contribution in [-0.4, -0.2) is 193 Å². The van der Waals surface area contributed by atoms with Gasteiger partial charge >= 0.3 is 0 Å². The van der Waals surface area contributed by atoms with E-state index in [2.05, 4.69) is 19.2 Å². The van der Waals surface area contributed by atoms with Gasteiger partial charge in [-0.3, -0.25) is 4.79 Å². The van der Waals surface area contributed by atoms with Crippen molar-refractivity contribution < 1.29 is 89.4 Å². The van der Waals surface area contributed by atoms with Gasteiger partial charge in [0, 0.05) is 6.42 Å². The van der Waals surface area contributed by atoms with Gasteiger partial charge in [0.15, 0.2) is 18.9 Å². The van der Waals surface area contributed by atoms with E-state index in [4.69, 9.17) is 28.4 Å². The molecule has 3 aliphatic heterocycles. The molecule has 1 amide bonds. The van der Waals surface area contributed by atoms with Gasteiger partial charge < -0.3 is 89.9 Å². The second-order valence-corrected chi connectivity index (χ2v) is 17.2. The summed E-state index contributed by atoms with van der Waals surface area (Å²) in [7, 11) is 0. The van der Waals surface area contributed by atoms with Crippen LogP contribution >= 0.6 is 0 Å². The van der Waals surface area contributed by atoms with Crippen molar-refractivity contribution in [1.82, 2.24) is 5.32 Å². The fourth-order valence-electron chi connectivity index (χ4n) is 8.19. The Labute approximate surface area is 366 Å². The van der Waals surface area contributed by atoms with Crippen molar-refractivity contribution in [2.24, 2.45) is 0 Å². The van der Waals surface area contributed by atoms with Gasteiger partial charge in [-0.05, 0) is 12.8 Å². The molecule has 366 valence electrons. The molecule has 19 nitrogen and oxygen atoms in total. The molecule has 3 heterocycles. The molecule has 0 saturated carbocycles. The fraction of sp³-hybridized carbons (Fsp3) is 0.977. The highest BCUT2D eigenvalue weighted by molar-refractivity contribution is 5.76. The van der Waals surface area contributed by atoms with E-state index in [0.717, 1.165) is 57.8 Å². The molecule has 0 spiro atoms. The third-order valence-corrected chi connectivity index (χ3v) is 12.2. The van der Waals surface area contributed by atoms with Gasteiger partial charge in [-0.1, -0.05) is 117 Å². The zero-order valence-electron chi connectivity index (χ0n) is 36.9. The molecule has 0 aliphatic carbocycles. The van der Waals surface area contributed by atoms with Crippen LogP contribution in [0.5, 0.6) is 0 Å². The first-order valence-electron chi connectivity index (χ1n) is 23.3. The lowest BCUT2D eigenvalue weighted by Gasteiger charge is -2.48. The first-order chi connectivity index (χ1) is 29.8. The summed E-state index contributed by atoms with van der Waals surface area (Å²) in [5.41, 5.74) is 0. The molecule has 3 fully saturated rings. The summed E-state index contributed by atoms with van der Waals surface area (Å²) in [5.74, 6) is -0.255. The SMILES string of the molecule is CCCCCCCCCCCCCC(O)C(COC1OC(CO)C(OC2OC(CO)C(OC3OC(CO)C(O)C(O)C3O)C(O)C2O)C(O)C1O)NC(=O)CCCCCCCC. The summed E-state index contributed by atoms with van der Waals surface area (Å²) in [5, 5.41) is 119. The molecule has 0 radical (unpaired) electrons. The Kier molecular flexibility index (Phi) is 26.8. The molecule has 0 bridgehead atoms. The van der Waals surface area contributed by atoms with E-state index >= 15 is 0 Å². The summed E-state index contributed by atoms with van der Waals surface area (Å²) in [6.07, 6.45) is -7.24. The standard InChI is InChI=1S/C43H81NO18/c1-3-5-7-9-11-12-13-14-15-16-18-20-27(48)26(44-31(49)21-19-17-10-8-6-4-2)25-57-41-37(55)34(52)39(29(23-46)59-41)62-43-38(56)35(53)40(30(24-47)60-43)61-42-36(54)33(51)32(50)28(22-45)58-42/h26-30,32-43,45-48,50-56H,3-25H2,1-2H3,(H,44,49). The highest BCUT2D eigenvalue weighted by Gasteiger charge is 2.53. The van der Waals surface area contributed by atoms with Crippen LogP contribution < -0.4 is 5.32 Å². The molecule has 17 atom stereocenters. The molecule has 0 aromatic carbocycles. The van der Waals surface area contributed by atoms with Crippen molar-refractivity contribution in [3.8, 4) is 0 Å². The van der Waals surface area contributed by atoms with E-state index in [-0.39, 0.29) is 18.9 Å². The minimum absolute atomic E-state index is 0.255. The zero-order valence-corrected chi connectivity index (χ0v) is 36.9. The summed E-state index contributed by atoms with van der Waals surface area (Å²) in [6.45, 7) is 1.65. The number of carbonyl (C=O) groups is 1. The quantitative estimate of drug-likeness (QED) is 0.0399. The maximum absolute atomic E-state index is 13.0. The minimum Gasteiger partial charge on any atom is -0.394 e. The Morgan fingerprint density at radius 3 is 1.40 bits per heavy atom. The number of nitrogens with one attached hydrogen (secondary N) is 1. The molecule has 12 N–H and O–H groups in total. The number of aliphatic hydroxyl groups excluding tert-OH is 11. The normalized spacial score (nSPS) is 35.1. The molecule has 0 aromatic rings. The van der Waals surface area contributed by atoms with E-state index in [1.807, 2.05) is 0 Å². The lowest BCUT2D eigenvalue weighted by Crippen LogP contribution is -2.66. The van der Waals surface area contributed by atoms with Gasteiger partial charge in [0.1, 0.15) is 73.2 Å². The van der Waals surface area contributed by atoms with Gasteiger partial charge in [-0.15, -0.1) is 0 Å². The van der Waals surface area contributed by atoms with E-state index < -0.39 is 124 Å². The smallest absolute Gasteiger partial charge is 0.220 e. The van der Waals surface area contributed by atoms with Gasteiger partial charge in [0.2, 0.25) is 5.91 Å². The molecular weight excluding hydrogens is 818 g/mol. The van der Waals surface area contributed by atoms with Gasteiger partial charge in [-0.25, -0.2) is 0 Å². The number of carbonyl (C=O) groups excluding carboxylic acids is 1. The van der Waals surface area contributed by atoms with Gasteiger partial charge in [-0.2, -0.15) is 0 Å². The molecule has 3 aliphatic rings. The number of unbranched alkanes of at least 4 members (excludes halogenated alkanes) is 15. The summed E-state index contributed by atoms with van der Waals surface area (Å²) in [4.78, 5) is 13.0. The maximum atomic E-state index is 13.0. The van der Waals surface area contributed by atoms with Crippen molar-refractivity contribution in [3.05, 3.63) is 0 Å². The lowest BCUT2D eigenvalue weighted by molar-refractivity contribution is -0.379. The third kappa shape index (κ3) is 17.2. The Bertz CT molecular complexity index is 1170. The van der Waals surface area contributed by atoms with Crippen LogP contribution in [0.2, 0.25) is 0 Å². The van der Waals surface area contributed by atoms with Crippen molar-refractivity contribution in [3.63, 3.8) is 0 Å². The minimum atomic E-state index is -1.96. The molecular formula is C43H81NO18. The summed E-state index contributed by atoms with van der Waals surface area (Å²) < 4.78 is 34.0. The van der Waals surface area contributed by atoms with Crippen LogP contribution in [0.25, 0.3) is 0 Å². The number of rotatable bonds is 31. The van der Waals surface area contributed by atoms with Crippen molar-refractivity contribution in [2.45, 2.75) is 240 Å². The van der Waals surface area contributed by atoms with E-state index in [0.29, 0.717) is 12.8 Å². The first-order valence-corrected chi connectivity index (χ1v) is 23.3. The van der Waals surface area contributed by atoms with Crippen LogP contribution in [0.1, 0.15) is 136 Å². The van der Waals surface area contributed by atoms with Crippen molar-refractivity contribution >= 4 is 5.91 Å². The second kappa shape index (κ2) is 30.1. The average molecular weight is 900 g/mol. The van der Waals surface area contributed by atoms with E-state index in [1.165, 1.54) is 44.9 Å². The van der Waals surface area contributed by atoms with Gasteiger partial charge in [0.05, 0.1) is 38.6 Å². The van der Waals surface area contributed by atoms with Crippen LogP contribution in [0.4, 0.5) is 0 Å². The summed E-state index contributed by atoms with van der Waals surface area (Å²) in [6, 6.07) is -0.874. The molecule has 19 heteroatoms. The van der Waals surface area contributed by atoms with Crippen molar-refractivity contribution in [1.29, 1.82) is 0 Å². The Hall–Kier alpha value is -1.21. The Morgan fingerprint density at radius 1 is 0.516 bits per heavy atom. The number of hydrogen-bond donors (Lipinski definition) is 12. The second-order valence-electron chi connectivity index (χ2n) is 17.2. The van der Waals surface area contributed by atoms with Crippen LogP contribution in [0, 0.1) is 0 Å². The highest BCUT2D eigenvalue weighted by atomic mass is 16.8. The molecule has 62 heavy (non-hydrogen) atoms. The van der Waals surface area contributed by atoms with E-state index in [1.54, 1.807) is 0 Å². The monoisotopic (exact) mass is 900 g/mol. The lowest BCUT2D eigenvalue weighted by atomic mass is 9.96. The first kappa shape index (κ1) is 55.1. The van der Waals surface area contributed by atoms with E-state index in [9.17, 15) is 61.0 Å². The predicted molar refractivity (Wildman–Crippen MR) is 222 cm³/mol. The fourth-order valence-corrected chi connectivity index (χ4v) is 8.19. The number of amides is 1. The number of hydrogen-bond acceptors (Lipinski definition) is 18. The number of ether oxygens (including phenoxy) is 6. The molecule has 3 rings (SSSR count). The average Bonchev–Trinajstić information content (AvgIpc) is 3.26. The topological polar surface area (TPSA) is 307 Å². The third-order valence-electron chi connectivity index (χ3n) is 12.2. The van der Waals surface area contributed by atoms with Crippen LogP contribution in [0.15, 0.2) is 0 Å². The Balaban J connectivity index is 1.58. The largest absolute Gasteiger partial charge is 0.394 e. The Morgan fingerprint density at radius 2 is 0.919 bits per heavy atom. The highest BCUT2D eigenvalue weighted by Crippen LogP contribution is 2.33. The summed E-state index contributed by atoms with van der Waals surface area (Å²) >= 11 is 0. The molecule has 17 unspecified atom stereocenters. The molecule has 3 saturated heterocycles. The van der Waals surface area contributed by atoms with Crippen LogP contribution in [0.3, 0.4) is 0 Å². The molecule has 0 aromatic heterocycles.